The molecule has 278 valence electrons. The van der Waals surface area contributed by atoms with E-state index in [9.17, 15) is 29.4 Å². The van der Waals surface area contributed by atoms with E-state index in [4.69, 9.17) is 21.1 Å². The minimum Gasteiger partial charge on any atom is -0.548 e. The number of hydrogen-bond donors (Lipinski definition) is 3. The van der Waals surface area contributed by atoms with E-state index in [1.54, 1.807) is 19.2 Å². The van der Waals surface area contributed by atoms with Gasteiger partial charge in [-0.25, -0.2) is 9.97 Å². The molecule has 2 saturated heterocycles. The molecule has 0 radical (unpaired) electrons. The number of amides is 2. The molecule has 21 heteroatoms. The molecule has 2 aliphatic carbocycles. The van der Waals surface area contributed by atoms with Crippen molar-refractivity contribution in [2.45, 2.75) is 113 Å². The van der Waals surface area contributed by atoms with Gasteiger partial charge >= 0.3 is 59.1 Å². The zero-order chi connectivity index (χ0) is 37.0. The summed E-state index contributed by atoms with van der Waals surface area (Å²) in [4.78, 5) is 68.7. The summed E-state index contributed by atoms with van der Waals surface area (Å²) >= 11 is 3.64. The minimum atomic E-state index is -1.41. The van der Waals surface area contributed by atoms with Crippen molar-refractivity contribution in [1.29, 1.82) is 0 Å². The number of nitrogens with two attached hydrogens (primary N) is 2. The second kappa shape index (κ2) is 19.8. The number of carboxylic acid groups (broad SMARTS) is 2. The molecule has 4 heterocycles. The third-order valence-corrected chi connectivity index (χ3v) is 12.2. The molecule has 2 amide bonds. The largest absolute Gasteiger partial charge is 1.00 e. The van der Waals surface area contributed by atoms with Gasteiger partial charge in [-0.1, -0.05) is 37.0 Å². The maximum absolute atomic E-state index is 13.1. The van der Waals surface area contributed by atoms with Crippen LogP contribution in [-0.2, 0) is 28.9 Å². The zero-order valence-electron chi connectivity index (χ0n) is 30.7. The number of aliphatic carboxylic acids is 2. The van der Waals surface area contributed by atoms with Crippen LogP contribution in [0.25, 0.3) is 0 Å². The van der Waals surface area contributed by atoms with Crippen molar-refractivity contribution >= 4 is 79.9 Å². The third kappa shape index (κ3) is 11.3. The smallest absolute Gasteiger partial charge is 0.548 e. The van der Waals surface area contributed by atoms with E-state index in [0.29, 0.717) is 11.8 Å². The van der Waals surface area contributed by atoms with E-state index >= 15 is 0 Å². The normalized spacial score (nSPS) is 27.7. The van der Waals surface area contributed by atoms with Crippen molar-refractivity contribution in [2.75, 3.05) is 11.5 Å². The molecule has 2 aliphatic heterocycles. The molecule has 4 fully saturated rings. The number of hydrogen-bond acceptors (Lipinski definition) is 17. The Hall–Kier alpha value is -1.97. The first-order chi connectivity index (χ1) is 24.1. The number of β-lactam (4-membered cyclic amide) rings is 1. The molecule has 4 aliphatic rings. The van der Waals surface area contributed by atoms with Gasteiger partial charge in [-0.05, 0) is 64.2 Å². The summed E-state index contributed by atoms with van der Waals surface area (Å²) in [5, 5.41) is 36.3. The molecule has 2 aromatic rings. The van der Waals surface area contributed by atoms with Crippen LogP contribution in [0.4, 0.5) is 10.3 Å². The maximum atomic E-state index is 13.1. The number of carbonyl (C=O) groups excluding carboxylic acids is 4. The summed E-state index contributed by atoms with van der Waals surface area (Å²) in [6, 6.07) is -1.92. The van der Waals surface area contributed by atoms with Crippen LogP contribution in [-0.4, -0.2) is 84.5 Å². The van der Waals surface area contributed by atoms with E-state index in [-0.39, 0.29) is 104 Å². The van der Waals surface area contributed by atoms with Gasteiger partial charge in [-0.3, -0.25) is 9.59 Å². The Kier molecular flexibility index (Phi) is 16.9. The van der Waals surface area contributed by atoms with Crippen molar-refractivity contribution in [3.63, 3.8) is 0 Å². The van der Waals surface area contributed by atoms with E-state index < -0.39 is 46.0 Å². The fourth-order valence-corrected chi connectivity index (χ4v) is 9.44. The Morgan fingerprint density at radius 1 is 0.887 bits per heavy atom. The number of oxime groups is 2. The van der Waals surface area contributed by atoms with Crippen LogP contribution in [0.1, 0.15) is 90.4 Å². The van der Waals surface area contributed by atoms with Crippen molar-refractivity contribution in [3.8, 4) is 0 Å². The van der Waals surface area contributed by atoms with E-state index in [1.807, 2.05) is 0 Å². The molecule has 2 aromatic heterocycles. The summed E-state index contributed by atoms with van der Waals surface area (Å²) < 4.78 is -0.736. The van der Waals surface area contributed by atoms with Crippen molar-refractivity contribution in [3.05, 3.63) is 22.1 Å². The van der Waals surface area contributed by atoms with Crippen LogP contribution < -0.4 is 86.1 Å². The van der Waals surface area contributed by atoms with Crippen LogP contribution in [0.5, 0.6) is 0 Å². The fourth-order valence-electron chi connectivity index (χ4n) is 6.72. The van der Waals surface area contributed by atoms with Gasteiger partial charge in [0.15, 0.2) is 21.7 Å². The van der Waals surface area contributed by atoms with Gasteiger partial charge in [0.25, 0.3) is 5.91 Å². The molecule has 53 heavy (non-hydrogen) atoms. The van der Waals surface area contributed by atoms with Crippen LogP contribution in [0.15, 0.2) is 21.1 Å². The molecule has 0 bridgehead atoms. The van der Waals surface area contributed by atoms with Gasteiger partial charge in [-0.2, -0.15) is 0 Å². The first kappa shape index (κ1) is 45.4. The van der Waals surface area contributed by atoms with Gasteiger partial charge in [0.05, 0.1) is 18.0 Å². The zero-order valence-corrected chi connectivity index (χ0v) is 37.2. The Morgan fingerprint density at radius 2 is 1.38 bits per heavy atom. The van der Waals surface area contributed by atoms with E-state index in [0.717, 1.165) is 56.3 Å². The number of nitrogens with zero attached hydrogens (tertiary/aromatic N) is 5. The number of aromatic nitrogens is 2. The molecular weight excluding hydrogens is 767 g/mol. The number of thiazole rings is 2. The van der Waals surface area contributed by atoms with Gasteiger partial charge in [0.1, 0.15) is 35.0 Å². The molecule has 0 aromatic carbocycles. The Balaban J connectivity index is 0.000000310. The minimum absolute atomic E-state index is 0. The molecule has 7 atom stereocenters. The second-order valence-electron chi connectivity index (χ2n) is 13.8. The summed E-state index contributed by atoms with van der Waals surface area (Å²) in [5.74, 6) is -2.70. The molecule has 0 unspecified atom stereocenters. The number of nitrogens with one attached hydrogen (secondary N) is 1. The average Bonchev–Trinajstić information content (AvgIpc) is 3.75. The summed E-state index contributed by atoms with van der Waals surface area (Å²) in [6.07, 6.45) is 7.81. The predicted molar refractivity (Wildman–Crippen MR) is 189 cm³/mol. The van der Waals surface area contributed by atoms with Gasteiger partial charge in [0.2, 0.25) is 5.91 Å². The number of nitrogen functional groups attached to an aromatic ring is 2. The standard InChI is InChI=1S/C20H27N5O5S2.C12H17N3O3S.2Na/c1-9-5-4-6-10(7-9)30-24-12(11-8-31-19(21)22-11)15(26)23-13-16(27)25-14(18(28)29)20(2,3)32-17(13)25;1-7-3-2-4-8(5-7)18-15-10(11(16)17)9-6-19-12(13)14-9;;/h8-10,13-14,17H,4-7H2,1-3H3,(H2,21,22)(H,23,26)(H,28,29);6-8H,2-5H2,1H3,(H2,13,14)(H,16,17);;/q;;2*+1/p-2/b24-12-;15-10-;;/t9-,10+,13-,14-,17+;7-,8+;;/m00../s1. The van der Waals surface area contributed by atoms with Crippen LogP contribution in [0.2, 0.25) is 0 Å². The van der Waals surface area contributed by atoms with Crippen LogP contribution in [0, 0.1) is 11.8 Å². The first-order valence-corrected chi connectivity index (χ1v) is 19.4. The van der Waals surface area contributed by atoms with Crippen molar-refractivity contribution in [2.24, 2.45) is 22.1 Å². The average molecular weight is 809 g/mol. The van der Waals surface area contributed by atoms with Crippen LogP contribution >= 0.6 is 34.4 Å². The number of fused-ring (bicyclic) bond motifs is 1. The first-order valence-electron chi connectivity index (χ1n) is 16.8. The quantitative estimate of drug-likeness (QED) is 0.0883. The van der Waals surface area contributed by atoms with E-state index in [1.165, 1.54) is 39.8 Å². The van der Waals surface area contributed by atoms with E-state index in [2.05, 4.69) is 39.4 Å². The fraction of sp³-hybridized carbons (Fsp3) is 0.625. The van der Waals surface area contributed by atoms with Gasteiger partial charge in [-0.15, -0.1) is 34.4 Å². The SMILES string of the molecule is C[C@H]1CCC[C@@H](O/N=C(\C(=O)N[C@H]2C(=O)N3[C@@H]2SC(C)(C)[C@@H]3C(=O)[O-])c2csc(N)n2)C1.C[C@H]1CCC[C@@H](O/N=C(\C(=O)[O-])c2csc(N)n2)C1.[Na+].[Na+]. The molecule has 5 N–H and O–H groups in total. The monoisotopic (exact) mass is 808 g/mol. The number of rotatable bonds is 10. The van der Waals surface area contributed by atoms with Crippen molar-refractivity contribution < 1.29 is 98.2 Å². The summed E-state index contributed by atoms with van der Waals surface area (Å²) in [5.41, 5.74) is 11.3. The number of carboxylic acids is 2. The van der Waals surface area contributed by atoms with Crippen LogP contribution in [0.3, 0.4) is 0 Å². The van der Waals surface area contributed by atoms with Crippen molar-refractivity contribution in [1.82, 2.24) is 20.2 Å². The molecule has 16 nitrogen and oxygen atoms in total. The number of carbonyl (C=O) groups is 4. The number of anilines is 2. The topological polar surface area (TPSA) is 251 Å². The van der Waals surface area contributed by atoms with Gasteiger partial charge < -0.3 is 51.2 Å². The predicted octanol–water partition coefficient (Wildman–Crippen LogP) is -4.90. The molecule has 2 saturated carbocycles. The molecular formula is C32H42N8Na2O8S3. The number of thioether (sulfide) groups is 1. The summed E-state index contributed by atoms with van der Waals surface area (Å²) in [7, 11) is 0. The Labute approximate surface area is 364 Å². The molecule has 6 rings (SSSR count). The molecule has 0 spiro atoms. The maximum Gasteiger partial charge on any atom is 1.00 e. The Morgan fingerprint density at radius 3 is 1.81 bits per heavy atom. The van der Waals surface area contributed by atoms with Gasteiger partial charge in [0, 0.05) is 15.5 Å². The summed E-state index contributed by atoms with van der Waals surface area (Å²) in [6.45, 7) is 7.79. The third-order valence-electron chi connectivity index (χ3n) is 9.25. The second-order valence-corrected chi connectivity index (χ2v) is 17.4. The Bertz CT molecular complexity index is 1690.